The quantitative estimate of drug-likeness (QED) is 0.854. The summed E-state index contributed by atoms with van der Waals surface area (Å²) in [5, 5.41) is 3.21. The topological polar surface area (TPSA) is 62.3 Å². The Morgan fingerprint density at radius 3 is 2.74 bits per heavy atom. The average molecular weight is 397 g/mol. The molecule has 1 aromatic carbocycles. The van der Waals surface area contributed by atoms with Gasteiger partial charge < -0.3 is 10.2 Å². The third-order valence-corrected chi connectivity index (χ3v) is 5.46. The largest absolute Gasteiger partial charge is 0.416 e. The lowest BCUT2D eigenvalue weighted by Crippen LogP contribution is -2.28. The Kier molecular flexibility index (Phi) is 5.23. The molecule has 27 heavy (non-hydrogen) atoms. The van der Waals surface area contributed by atoms with Crippen molar-refractivity contribution in [3.8, 4) is 0 Å². The Labute approximate surface area is 158 Å². The van der Waals surface area contributed by atoms with Crippen LogP contribution in [0.5, 0.6) is 0 Å². The zero-order chi connectivity index (χ0) is 19.8. The highest BCUT2D eigenvalue weighted by atomic mass is 32.1. The first kappa shape index (κ1) is 19.3. The number of likely N-dealkylation sites (tertiary alicyclic amines) is 1. The Morgan fingerprint density at radius 2 is 2.11 bits per heavy atom. The summed E-state index contributed by atoms with van der Waals surface area (Å²) in [6, 6.07) is 4.87. The molecule has 0 aliphatic carbocycles. The highest BCUT2D eigenvalue weighted by Gasteiger charge is 2.35. The number of anilines is 1. The molecule has 2 aromatic rings. The van der Waals surface area contributed by atoms with E-state index in [2.05, 4.69) is 10.3 Å². The maximum atomic E-state index is 12.8. The number of aromatic nitrogens is 1. The van der Waals surface area contributed by atoms with E-state index in [9.17, 15) is 22.8 Å². The molecule has 1 aliphatic rings. The smallest absolute Gasteiger partial charge is 0.338 e. The third kappa shape index (κ3) is 4.47. The van der Waals surface area contributed by atoms with Crippen molar-refractivity contribution in [3.05, 3.63) is 46.0 Å². The number of rotatable bonds is 4. The monoisotopic (exact) mass is 397 g/mol. The van der Waals surface area contributed by atoms with Gasteiger partial charge in [-0.05, 0) is 31.5 Å². The van der Waals surface area contributed by atoms with E-state index < -0.39 is 17.7 Å². The summed E-state index contributed by atoms with van der Waals surface area (Å²) in [6.45, 7) is 3.96. The molecule has 1 saturated heterocycles. The van der Waals surface area contributed by atoms with Crippen LogP contribution in [0.4, 0.5) is 18.3 Å². The van der Waals surface area contributed by atoms with E-state index in [-0.39, 0.29) is 31.3 Å². The lowest BCUT2D eigenvalue weighted by molar-refractivity contribution is -0.137. The van der Waals surface area contributed by atoms with Gasteiger partial charge in [0.15, 0.2) is 5.13 Å². The van der Waals surface area contributed by atoms with Crippen LogP contribution in [0.3, 0.4) is 0 Å². The van der Waals surface area contributed by atoms with Crippen LogP contribution < -0.4 is 5.32 Å². The number of nitrogens with zero attached hydrogens (tertiary/aromatic N) is 2. The second-order valence-corrected chi connectivity index (χ2v) is 7.73. The van der Waals surface area contributed by atoms with E-state index in [4.69, 9.17) is 0 Å². The molecule has 0 bridgehead atoms. The van der Waals surface area contributed by atoms with Crippen molar-refractivity contribution >= 4 is 28.3 Å². The standard InChI is InChI=1S/C18H18F3N3O2S/c1-10-11(2)27-17(22-10)23-16(26)13-7-15(25)24(9-13)8-12-4-3-5-14(6-12)18(19,20)21/h3-6,13H,7-9H2,1-2H3,(H,22,23,26)/t13-/m1/s1. The number of benzene rings is 1. The Bertz CT molecular complexity index is 859. The summed E-state index contributed by atoms with van der Waals surface area (Å²) in [5.74, 6) is -1.10. The molecule has 3 rings (SSSR count). The van der Waals surface area contributed by atoms with Gasteiger partial charge in [-0.25, -0.2) is 4.98 Å². The summed E-state index contributed by atoms with van der Waals surface area (Å²) < 4.78 is 38.5. The van der Waals surface area contributed by atoms with E-state index in [1.54, 1.807) is 0 Å². The molecule has 1 atom stereocenters. The van der Waals surface area contributed by atoms with Gasteiger partial charge >= 0.3 is 6.18 Å². The molecule has 0 radical (unpaired) electrons. The number of carbonyl (C=O) groups is 2. The number of carbonyl (C=O) groups excluding carboxylic acids is 2. The zero-order valence-electron chi connectivity index (χ0n) is 14.8. The predicted molar refractivity (Wildman–Crippen MR) is 95.2 cm³/mol. The lowest BCUT2D eigenvalue weighted by Gasteiger charge is -2.17. The van der Waals surface area contributed by atoms with Crippen molar-refractivity contribution in [2.75, 3.05) is 11.9 Å². The van der Waals surface area contributed by atoms with Crippen molar-refractivity contribution in [3.63, 3.8) is 0 Å². The Balaban J connectivity index is 1.64. The summed E-state index contributed by atoms with van der Waals surface area (Å²) >= 11 is 1.36. The number of alkyl halides is 3. The van der Waals surface area contributed by atoms with Crippen LogP contribution in [0.1, 0.15) is 28.1 Å². The first-order chi connectivity index (χ1) is 12.6. The van der Waals surface area contributed by atoms with E-state index in [1.165, 1.54) is 28.4 Å². The fourth-order valence-corrected chi connectivity index (χ4v) is 3.72. The molecular formula is C18H18F3N3O2S. The maximum absolute atomic E-state index is 12.8. The van der Waals surface area contributed by atoms with E-state index in [1.807, 2.05) is 13.8 Å². The van der Waals surface area contributed by atoms with Crippen LogP contribution in [0.15, 0.2) is 24.3 Å². The predicted octanol–water partition coefficient (Wildman–Crippen LogP) is 3.77. The van der Waals surface area contributed by atoms with Crippen LogP contribution in [0.2, 0.25) is 0 Å². The number of amides is 2. The van der Waals surface area contributed by atoms with Crippen molar-refractivity contribution in [2.24, 2.45) is 5.92 Å². The Hall–Kier alpha value is -2.42. The van der Waals surface area contributed by atoms with E-state index in [0.29, 0.717) is 10.7 Å². The van der Waals surface area contributed by atoms with E-state index in [0.717, 1.165) is 22.7 Å². The molecule has 1 aliphatic heterocycles. The molecule has 5 nitrogen and oxygen atoms in total. The van der Waals surface area contributed by atoms with Gasteiger partial charge in [-0.1, -0.05) is 12.1 Å². The van der Waals surface area contributed by atoms with Crippen LogP contribution >= 0.6 is 11.3 Å². The second-order valence-electron chi connectivity index (χ2n) is 6.52. The summed E-state index contributed by atoms with van der Waals surface area (Å²) in [6.07, 6.45) is -4.40. The summed E-state index contributed by atoms with van der Waals surface area (Å²) in [5.41, 5.74) is 0.463. The third-order valence-electron chi connectivity index (χ3n) is 4.47. The number of hydrogen-bond acceptors (Lipinski definition) is 4. The van der Waals surface area contributed by atoms with Gasteiger partial charge in [-0.15, -0.1) is 11.3 Å². The molecule has 0 unspecified atom stereocenters. The van der Waals surface area contributed by atoms with Crippen LogP contribution in [-0.2, 0) is 22.3 Å². The minimum absolute atomic E-state index is 0.0358. The van der Waals surface area contributed by atoms with Gasteiger partial charge in [0.25, 0.3) is 0 Å². The van der Waals surface area contributed by atoms with Gasteiger partial charge in [0, 0.05) is 24.4 Å². The highest BCUT2D eigenvalue weighted by Crippen LogP contribution is 2.30. The first-order valence-electron chi connectivity index (χ1n) is 8.32. The molecule has 1 fully saturated rings. The van der Waals surface area contributed by atoms with Gasteiger partial charge in [-0.3, -0.25) is 9.59 Å². The Morgan fingerprint density at radius 1 is 1.37 bits per heavy atom. The normalized spacial score (nSPS) is 17.4. The minimum Gasteiger partial charge on any atom is -0.338 e. The second kappa shape index (κ2) is 7.30. The number of nitrogens with one attached hydrogen (secondary N) is 1. The summed E-state index contributed by atoms with van der Waals surface area (Å²) in [7, 11) is 0. The fourth-order valence-electron chi connectivity index (χ4n) is 2.90. The molecule has 2 heterocycles. The van der Waals surface area contributed by atoms with Crippen molar-refractivity contribution in [2.45, 2.75) is 33.0 Å². The SMILES string of the molecule is Cc1nc(NC(=O)[C@@H]2CC(=O)N(Cc3cccc(C(F)(F)F)c3)C2)sc1C. The molecule has 144 valence electrons. The molecule has 1 N–H and O–H groups in total. The number of thiazole rings is 1. The number of halogens is 3. The van der Waals surface area contributed by atoms with Crippen LogP contribution in [0, 0.1) is 19.8 Å². The van der Waals surface area contributed by atoms with Crippen molar-refractivity contribution < 1.29 is 22.8 Å². The van der Waals surface area contributed by atoms with Gasteiger partial charge in [0.1, 0.15) is 0 Å². The maximum Gasteiger partial charge on any atom is 0.416 e. The van der Waals surface area contributed by atoms with E-state index >= 15 is 0 Å². The lowest BCUT2D eigenvalue weighted by atomic mass is 10.1. The molecule has 1 aromatic heterocycles. The number of aryl methyl sites for hydroxylation is 2. The number of hydrogen-bond donors (Lipinski definition) is 1. The molecule has 0 spiro atoms. The van der Waals surface area contributed by atoms with Gasteiger partial charge in [0.05, 0.1) is 17.2 Å². The summed E-state index contributed by atoms with van der Waals surface area (Å²) in [4.78, 5) is 31.2. The molecule has 9 heteroatoms. The van der Waals surface area contributed by atoms with Crippen LogP contribution in [0.25, 0.3) is 0 Å². The molecular weight excluding hydrogens is 379 g/mol. The highest BCUT2D eigenvalue weighted by molar-refractivity contribution is 7.15. The molecule has 2 amide bonds. The molecule has 0 saturated carbocycles. The first-order valence-corrected chi connectivity index (χ1v) is 9.14. The average Bonchev–Trinajstić information content (AvgIpc) is 3.09. The fraction of sp³-hybridized carbons (Fsp3) is 0.389. The van der Waals surface area contributed by atoms with Crippen molar-refractivity contribution in [1.82, 2.24) is 9.88 Å². The zero-order valence-corrected chi connectivity index (χ0v) is 15.6. The van der Waals surface area contributed by atoms with Crippen LogP contribution in [-0.4, -0.2) is 28.2 Å². The van der Waals surface area contributed by atoms with Crippen molar-refractivity contribution in [1.29, 1.82) is 0 Å². The minimum atomic E-state index is -4.43. The van der Waals surface area contributed by atoms with Gasteiger partial charge in [0.2, 0.25) is 11.8 Å². The van der Waals surface area contributed by atoms with Gasteiger partial charge in [-0.2, -0.15) is 13.2 Å².